The van der Waals surface area contributed by atoms with E-state index < -0.39 is 16.6 Å². The van der Waals surface area contributed by atoms with Crippen LogP contribution in [0.25, 0.3) is 0 Å². The van der Waals surface area contributed by atoms with Gasteiger partial charge in [0.15, 0.2) is 0 Å². The maximum absolute atomic E-state index is 12.1. The van der Waals surface area contributed by atoms with Gasteiger partial charge in [-0.15, -0.1) is 0 Å². The Bertz CT molecular complexity index is 578. The molecule has 0 aliphatic carbocycles. The van der Waals surface area contributed by atoms with E-state index in [-0.39, 0.29) is 5.69 Å². The Balaban J connectivity index is 2.18. The molecule has 0 saturated carbocycles. The van der Waals surface area contributed by atoms with Crippen LogP contribution in [0.4, 0.5) is 11.4 Å². The molecule has 7 nitrogen and oxygen atoms in total. The largest absolute Gasteiger partial charge is 0.338 e. The first-order valence-electron chi connectivity index (χ1n) is 5.93. The van der Waals surface area contributed by atoms with Crippen LogP contribution < -0.4 is 5.32 Å². The van der Waals surface area contributed by atoms with Crippen molar-refractivity contribution in [2.24, 2.45) is 0 Å². The van der Waals surface area contributed by atoms with Crippen molar-refractivity contribution in [2.45, 2.75) is 19.1 Å². The van der Waals surface area contributed by atoms with Crippen molar-refractivity contribution >= 4 is 17.3 Å². The summed E-state index contributed by atoms with van der Waals surface area (Å²) in [6.45, 7) is 2.47. The van der Waals surface area contributed by atoms with Crippen molar-refractivity contribution in [2.75, 3.05) is 18.5 Å². The van der Waals surface area contributed by atoms with E-state index >= 15 is 0 Å². The summed E-state index contributed by atoms with van der Waals surface area (Å²) in [5, 5.41) is 13.6. The number of nitrogens with one attached hydrogen (secondary N) is 1. The van der Waals surface area contributed by atoms with Gasteiger partial charge in [-0.05, 0) is 18.9 Å². The van der Waals surface area contributed by atoms with Crippen molar-refractivity contribution in [1.29, 1.82) is 0 Å². The zero-order valence-corrected chi connectivity index (χ0v) is 10.3. The molecule has 1 aromatic carbocycles. The standard InChI is InChI=1S/C12H12N2O5/c1-7-5-8(14(16)17)6-9-10(7)13-11(15)12(9)18-3-2-4-19-12/h5-6H,2-4H2,1H3,(H,13,15). The summed E-state index contributed by atoms with van der Waals surface area (Å²) in [5.41, 5.74) is 1.47. The number of aryl methyl sites for hydroxylation is 1. The second kappa shape index (κ2) is 4.01. The molecule has 1 saturated heterocycles. The molecule has 0 unspecified atom stereocenters. The number of rotatable bonds is 1. The Labute approximate surface area is 108 Å². The summed E-state index contributed by atoms with van der Waals surface area (Å²) in [5.74, 6) is -1.95. The summed E-state index contributed by atoms with van der Waals surface area (Å²) in [6, 6.07) is 2.76. The summed E-state index contributed by atoms with van der Waals surface area (Å²) < 4.78 is 11.0. The maximum atomic E-state index is 12.1. The molecule has 1 aromatic rings. The molecule has 1 fully saturated rings. The Hall–Kier alpha value is -1.99. The lowest BCUT2D eigenvalue weighted by atomic mass is 10.0. The van der Waals surface area contributed by atoms with Crippen LogP contribution in [-0.2, 0) is 20.1 Å². The minimum absolute atomic E-state index is 0.0788. The molecule has 3 rings (SSSR count). The zero-order valence-electron chi connectivity index (χ0n) is 10.3. The lowest BCUT2D eigenvalue weighted by Gasteiger charge is -2.31. The van der Waals surface area contributed by atoms with E-state index in [4.69, 9.17) is 9.47 Å². The SMILES string of the molecule is Cc1cc([N+](=O)[O-])cc2c1NC(=O)C21OCCCO1. The van der Waals surface area contributed by atoms with Crippen LogP contribution in [0.1, 0.15) is 17.5 Å². The molecule has 2 heterocycles. The Morgan fingerprint density at radius 3 is 2.68 bits per heavy atom. The maximum Gasteiger partial charge on any atom is 0.289 e. The lowest BCUT2D eigenvalue weighted by Crippen LogP contribution is -2.43. The fourth-order valence-electron chi connectivity index (χ4n) is 2.44. The fraction of sp³-hybridized carbons (Fsp3) is 0.417. The summed E-state index contributed by atoms with van der Waals surface area (Å²) in [7, 11) is 0. The number of nitro benzene ring substituents is 1. The van der Waals surface area contributed by atoms with Crippen LogP contribution in [0.2, 0.25) is 0 Å². The number of amides is 1. The van der Waals surface area contributed by atoms with Crippen LogP contribution in [0.3, 0.4) is 0 Å². The molecule has 1 spiro atoms. The molecule has 100 valence electrons. The van der Waals surface area contributed by atoms with E-state index in [0.717, 1.165) is 0 Å². The van der Waals surface area contributed by atoms with Gasteiger partial charge in [0.25, 0.3) is 17.4 Å². The number of carbonyl (C=O) groups is 1. The van der Waals surface area contributed by atoms with Gasteiger partial charge < -0.3 is 14.8 Å². The third-order valence-electron chi connectivity index (χ3n) is 3.32. The van der Waals surface area contributed by atoms with Crippen LogP contribution >= 0.6 is 0 Å². The number of benzene rings is 1. The number of fused-ring (bicyclic) bond motifs is 2. The van der Waals surface area contributed by atoms with Crippen molar-refractivity contribution in [1.82, 2.24) is 0 Å². The average Bonchev–Trinajstić information content (AvgIpc) is 2.65. The van der Waals surface area contributed by atoms with Gasteiger partial charge in [0.2, 0.25) is 0 Å². The van der Waals surface area contributed by atoms with Gasteiger partial charge in [0, 0.05) is 12.1 Å². The number of hydrogen-bond donors (Lipinski definition) is 1. The minimum Gasteiger partial charge on any atom is -0.338 e. The van der Waals surface area contributed by atoms with Gasteiger partial charge in [-0.2, -0.15) is 0 Å². The molecule has 0 radical (unpaired) electrons. The number of nitro groups is 1. The second-order valence-electron chi connectivity index (χ2n) is 4.56. The van der Waals surface area contributed by atoms with Crippen LogP contribution in [0.15, 0.2) is 12.1 Å². The van der Waals surface area contributed by atoms with Crippen LogP contribution in [0, 0.1) is 17.0 Å². The van der Waals surface area contributed by atoms with Gasteiger partial charge >= 0.3 is 0 Å². The molecule has 7 heteroatoms. The van der Waals surface area contributed by atoms with Gasteiger partial charge in [-0.3, -0.25) is 14.9 Å². The number of non-ortho nitro benzene ring substituents is 1. The van der Waals surface area contributed by atoms with Gasteiger partial charge in [0.05, 0.1) is 29.4 Å². The van der Waals surface area contributed by atoms with Gasteiger partial charge in [-0.1, -0.05) is 0 Å². The van der Waals surface area contributed by atoms with E-state index in [0.29, 0.717) is 36.4 Å². The number of hydrogen-bond acceptors (Lipinski definition) is 5. The second-order valence-corrected chi connectivity index (χ2v) is 4.56. The van der Waals surface area contributed by atoms with Gasteiger partial charge in [0.1, 0.15) is 0 Å². The molecular formula is C12H12N2O5. The molecule has 1 amide bonds. The van der Waals surface area contributed by atoms with Crippen molar-refractivity contribution in [3.8, 4) is 0 Å². The number of anilines is 1. The highest BCUT2D eigenvalue weighted by molar-refractivity contribution is 6.05. The third kappa shape index (κ3) is 1.62. The number of ether oxygens (including phenoxy) is 2. The Morgan fingerprint density at radius 1 is 1.37 bits per heavy atom. The predicted octanol–water partition coefficient (Wildman–Crippen LogP) is 1.45. The molecule has 2 aliphatic heterocycles. The quantitative estimate of drug-likeness (QED) is 0.612. The van der Waals surface area contributed by atoms with Gasteiger partial charge in [-0.25, -0.2) is 0 Å². The highest BCUT2D eigenvalue weighted by Crippen LogP contribution is 2.44. The van der Waals surface area contributed by atoms with Crippen molar-refractivity contribution < 1.29 is 19.2 Å². The van der Waals surface area contributed by atoms with E-state index in [1.165, 1.54) is 12.1 Å². The highest BCUT2D eigenvalue weighted by Gasteiger charge is 2.52. The van der Waals surface area contributed by atoms with Crippen LogP contribution in [-0.4, -0.2) is 24.0 Å². The molecule has 19 heavy (non-hydrogen) atoms. The molecule has 1 N–H and O–H groups in total. The lowest BCUT2D eigenvalue weighted by molar-refractivity contribution is -0.385. The van der Waals surface area contributed by atoms with Crippen molar-refractivity contribution in [3.63, 3.8) is 0 Å². The molecule has 2 aliphatic rings. The smallest absolute Gasteiger partial charge is 0.289 e. The number of nitrogens with zero attached hydrogens (tertiary/aromatic N) is 1. The average molecular weight is 264 g/mol. The first kappa shape index (κ1) is 12.1. The molecule has 0 atom stereocenters. The monoisotopic (exact) mass is 264 g/mol. The van der Waals surface area contributed by atoms with E-state index in [2.05, 4.69) is 5.32 Å². The zero-order chi connectivity index (χ0) is 13.6. The highest BCUT2D eigenvalue weighted by atomic mass is 16.7. The van der Waals surface area contributed by atoms with Crippen molar-refractivity contribution in [3.05, 3.63) is 33.4 Å². The molecular weight excluding hydrogens is 252 g/mol. The minimum atomic E-state index is -1.52. The Kier molecular flexibility index (Phi) is 2.54. The molecule has 0 bridgehead atoms. The number of carbonyl (C=O) groups excluding carboxylic acids is 1. The van der Waals surface area contributed by atoms with Crippen LogP contribution in [0.5, 0.6) is 0 Å². The molecule has 0 aromatic heterocycles. The Morgan fingerprint density at radius 2 is 2.05 bits per heavy atom. The van der Waals surface area contributed by atoms with E-state index in [1.807, 2.05) is 0 Å². The fourth-order valence-corrected chi connectivity index (χ4v) is 2.44. The first-order valence-corrected chi connectivity index (χ1v) is 5.93. The predicted molar refractivity (Wildman–Crippen MR) is 64.7 cm³/mol. The van der Waals surface area contributed by atoms with E-state index in [9.17, 15) is 14.9 Å². The summed E-state index contributed by atoms with van der Waals surface area (Å²) >= 11 is 0. The first-order chi connectivity index (χ1) is 9.04. The summed E-state index contributed by atoms with van der Waals surface area (Å²) in [4.78, 5) is 22.5. The topological polar surface area (TPSA) is 90.7 Å². The summed E-state index contributed by atoms with van der Waals surface area (Å²) in [6.07, 6.45) is 0.693. The third-order valence-corrected chi connectivity index (χ3v) is 3.32. The normalized spacial score (nSPS) is 20.2. The van der Waals surface area contributed by atoms with E-state index in [1.54, 1.807) is 6.92 Å².